The molecule has 3 saturated carbocycles. The summed E-state index contributed by atoms with van der Waals surface area (Å²) in [6.07, 6.45) is 21.6. The number of alkyl halides is 2. The Bertz CT molecular complexity index is 1260. The zero-order valence-corrected chi connectivity index (χ0v) is 36.8. The van der Waals surface area contributed by atoms with Gasteiger partial charge in [-0.3, -0.25) is 0 Å². The van der Waals surface area contributed by atoms with Crippen molar-refractivity contribution in [1.29, 1.82) is 0 Å². The average Bonchev–Trinajstić information content (AvgIpc) is 3.28. The number of anilines is 2. The van der Waals surface area contributed by atoms with Gasteiger partial charge in [-0.05, 0) is 119 Å². The molecule has 1 heterocycles. The van der Waals surface area contributed by atoms with Crippen molar-refractivity contribution in [3.63, 3.8) is 0 Å². The maximum absolute atomic E-state index is 4.85. The molecule has 3 aliphatic carbocycles. The van der Waals surface area contributed by atoms with E-state index < -0.39 is 6.89 Å². The van der Waals surface area contributed by atoms with Crippen LogP contribution < -0.4 is 9.80 Å². The molecule has 4 fully saturated rings. The predicted octanol–water partition coefficient (Wildman–Crippen LogP) is 13.8. The van der Waals surface area contributed by atoms with Crippen LogP contribution in [0.25, 0.3) is 0 Å². The zero-order chi connectivity index (χ0) is 33.9. The first-order valence-corrected chi connectivity index (χ1v) is 26.5. The van der Waals surface area contributed by atoms with Gasteiger partial charge >= 0.3 is 34.5 Å². The summed E-state index contributed by atoms with van der Waals surface area (Å²) >= 11 is 8.52. The van der Waals surface area contributed by atoms with E-state index in [-0.39, 0.29) is 25.0 Å². The van der Waals surface area contributed by atoms with Crippen molar-refractivity contribution >= 4 is 75.0 Å². The molecule has 2 unspecified atom stereocenters. The predicted molar refractivity (Wildman–Crippen MR) is 216 cm³/mol. The molecule has 2 aromatic rings. The normalized spacial score (nSPS) is 23.7. The van der Waals surface area contributed by atoms with E-state index in [1.54, 1.807) is 5.54 Å². The second kappa shape index (κ2) is 17.3. The molecule has 47 heavy (non-hydrogen) atoms. The van der Waals surface area contributed by atoms with Crippen LogP contribution in [0.2, 0.25) is 0 Å². The number of rotatable bonds is 5. The van der Waals surface area contributed by atoms with E-state index in [2.05, 4.69) is 107 Å². The van der Waals surface area contributed by atoms with Gasteiger partial charge in [-0.2, -0.15) is 0 Å². The molecule has 1 saturated heterocycles. The first kappa shape index (κ1) is 38.7. The van der Waals surface area contributed by atoms with E-state index in [1.807, 2.05) is 0 Å². The Labute approximate surface area is 319 Å². The first-order valence-electron chi connectivity index (χ1n) is 18.2. The molecular formula is C39H57Br2Cl2N2PRu. The molecule has 0 amide bonds. The summed E-state index contributed by atoms with van der Waals surface area (Å²) in [6, 6.07) is 9.76. The van der Waals surface area contributed by atoms with E-state index in [0.717, 1.165) is 17.0 Å². The van der Waals surface area contributed by atoms with Crippen LogP contribution in [0, 0.1) is 41.5 Å². The Balaban J connectivity index is 0.00000139. The third-order valence-corrected chi connectivity index (χ3v) is 20.6. The van der Waals surface area contributed by atoms with Crippen molar-refractivity contribution in [3.8, 4) is 0 Å². The fourth-order valence-corrected chi connectivity index (χ4v) is 19.6. The van der Waals surface area contributed by atoms with Crippen LogP contribution in [0.4, 0.5) is 11.4 Å². The van der Waals surface area contributed by atoms with E-state index >= 15 is 0 Å². The number of benzene rings is 2. The quantitative estimate of drug-likeness (QED) is 0.128. The molecular weight excluding hydrogens is 859 g/mol. The van der Waals surface area contributed by atoms with Gasteiger partial charge in [-0.25, -0.2) is 0 Å². The van der Waals surface area contributed by atoms with Gasteiger partial charge in [0.1, 0.15) is 15.4 Å². The molecule has 264 valence electrons. The number of hydrogen-bond acceptors (Lipinski definition) is 0. The van der Waals surface area contributed by atoms with Gasteiger partial charge in [-0.15, -0.1) is 0 Å². The fraction of sp³-hybridized carbons (Fsp3) is 0.667. The zero-order valence-electron chi connectivity index (χ0n) is 29.5. The molecule has 8 heteroatoms. The van der Waals surface area contributed by atoms with Crippen LogP contribution in [-0.2, 0) is 15.1 Å². The van der Waals surface area contributed by atoms with Gasteiger partial charge in [0.05, 0.1) is 0 Å². The monoisotopic (exact) mass is 914 g/mol. The molecule has 1 aliphatic heterocycles. The third-order valence-electron chi connectivity index (χ3n) is 11.8. The van der Waals surface area contributed by atoms with Crippen molar-refractivity contribution in [2.45, 2.75) is 165 Å². The second-order valence-electron chi connectivity index (χ2n) is 15.0. The molecule has 2 nitrogen and oxygen atoms in total. The minimum atomic E-state index is -1.68. The summed E-state index contributed by atoms with van der Waals surface area (Å²) in [4.78, 5) is 6.17. The van der Waals surface area contributed by atoms with Crippen molar-refractivity contribution in [2.24, 2.45) is 0 Å². The summed E-state index contributed by atoms with van der Waals surface area (Å²) in [6.45, 7) is 12.4. The average molecular weight is 917 g/mol. The first-order chi connectivity index (χ1) is 22.6. The summed E-state index contributed by atoms with van der Waals surface area (Å²) in [5.74, 6) is 0. The van der Waals surface area contributed by atoms with Crippen molar-refractivity contribution in [1.82, 2.24) is 0 Å². The van der Waals surface area contributed by atoms with Crippen molar-refractivity contribution < 1.29 is 15.1 Å². The Morgan fingerprint density at radius 2 is 0.787 bits per heavy atom. The summed E-state index contributed by atoms with van der Waals surface area (Å²) < 4.78 is 0. The van der Waals surface area contributed by atoms with Gasteiger partial charge in [0.15, 0.2) is 0 Å². The van der Waals surface area contributed by atoms with Gasteiger partial charge in [0, 0.05) is 11.4 Å². The SMILES string of the molecule is Cc1cc(C)c(N2C(=P(C3CCCCC3)(C3CCCCC3)C3CCCCC3)N(c3c(C)cc(C)cc3C)C(Br)C2Br)c(C)c1.[Cl][Ru][Cl]. The fourth-order valence-electron chi connectivity index (χ4n) is 10.4. The number of aryl methyl sites for hydroxylation is 6. The Kier molecular flexibility index (Phi) is 14.3. The van der Waals surface area contributed by atoms with Gasteiger partial charge in [0.2, 0.25) is 0 Å². The van der Waals surface area contributed by atoms with E-state index in [0.29, 0.717) is 0 Å². The van der Waals surface area contributed by atoms with Crippen LogP contribution in [-0.4, -0.2) is 32.4 Å². The van der Waals surface area contributed by atoms with Crippen LogP contribution >= 0.6 is 58.1 Å². The third kappa shape index (κ3) is 7.82. The maximum atomic E-state index is 4.85. The number of hydrogen-bond donors (Lipinski definition) is 0. The van der Waals surface area contributed by atoms with E-state index in [1.165, 1.54) is 141 Å². The van der Waals surface area contributed by atoms with E-state index in [9.17, 15) is 0 Å². The van der Waals surface area contributed by atoms with Gasteiger partial charge in [0.25, 0.3) is 0 Å². The molecule has 4 aliphatic rings. The minimum absolute atomic E-state index is 0.174. The van der Waals surface area contributed by atoms with Crippen molar-refractivity contribution in [3.05, 3.63) is 57.6 Å². The Morgan fingerprint density at radius 1 is 0.532 bits per heavy atom. The van der Waals surface area contributed by atoms with Crippen molar-refractivity contribution in [2.75, 3.05) is 9.80 Å². The molecule has 6 rings (SSSR count). The molecule has 2 atom stereocenters. The summed E-state index contributed by atoms with van der Waals surface area (Å²) in [5, 5.41) is 0. The molecule has 0 aromatic heterocycles. The summed E-state index contributed by atoms with van der Waals surface area (Å²) in [7, 11) is 9.71. The van der Waals surface area contributed by atoms with Crippen LogP contribution in [0.15, 0.2) is 24.3 Å². The second-order valence-corrected chi connectivity index (χ2v) is 23.8. The molecule has 0 radical (unpaired) electrons. The van der Waals surface area contributed by atoms with Gasteiger partial charge < -0.3 is 9.80 Å². The molecule has 0 bridgehead atoms. The van der Waals surface area contributed by atoms with Crippen LogP contribution in [0.1, 0.15) is 130 Å². The molecule has 2 aromatic carbocycles. The number of halogens is 4. The van der Waals surface area contributed by atoms with Gasteiger partial charge in [-0.1, -0.05) is 132 Å². The number of nitrogens with zero attached hydrogens (tertiary/aromatic N) is 2. The van der Waals surface area contributed by atoms with E-state index in [4.69, 9.17) is 19.4 Å². The Hall–Kier alpha value is 0.503. The standard InChI is InChI=1S/C39H57Br2N2P.2ClH.Ru/c1-26-22-28(3)35(29(4)23-26)42-37(40)38(41)43(36-30(5)24-27(2)25-31(36)6)39(42)44(32-16-10-7-11-17-32,33-18-12-8-13-19-33)34-20-14-9-15-21-34;;;/h22-25,32-34,37-38H,7-21H2,1-6H3;2*1H;/q;;;+2/p-2. The molecule has 0 spiro atoms. The molecule has 0 N–H and O–H groups in total. The van der Waals surface area contributed by atoms with Crippen LogP contribution in [0.3, 0.4) is 0 Å². The Morgan fingerprint density at radius 3 is 1.04 bits per heavy atom. The summed E-state index contributed by atoms with van der Waals surface area (Å²) in [5.41, 5.74) is 15.7. The topological polar surface area (TPSA) is 6.48 Å². The van der Waals surface area contributed by atoms with Crippen LogP contribution in [0.5, 0.6) is 0 Å².